The minimum Gasteiger partial charge on any atom is -0.356 e. The minimum absolute atomic E-state index is 0.122. The molecule has 0 bridgehead atoms. The summed E-state index contributed by atoms with van der Waals surface area (Å²) in [6.45, 7) is 4.71. The molecule has 2 aromatic rings. The zero-order valence-electron chi connectivity index (χ0n) is 10.9. The highest BCUT2D eigenvalue weighted by Crippen LogP contribution is 2.07. The lowest BCUT2D eigenvalue weighted by Gasteiger charge is -2.01. The number of nitrogens with one attached hydrogen (secondary N) is 1. The van der Waals surface area contributed by atoms with Crippen molar-refractivity contribution in [2.45, 2.75) is 33.1 Å². The van der Waals surface area contributed by atoms with Gasteiger partial charge in [-0.15, -0.1) is 0 Å². The molecule has 0 saturated heterocycles. The SMILES string of the molecule is CCCC(=O)NCCc1cn2ccc(C)cc2n1. The predicted octanol–water partition coefficient (Wildman–Crippen LogP) is 2.10. The van der Waals surface area contributed by atoms with Gasteiger partial charge in [-0.25, -0.2) is 4.98 Å². The molecule has 0 atom stereocenters. The van der Waals surface area contributed by atoms with Crippen molar-refractivity contribution in [3.05, 3.63) is 35.8 Å². The number of pyridine rings is 1. The van der Waals surface area contributed by atoms with Crippen molar-refractivity contribution in [1.29, 1.82) is 0 Å². The maximum Gasteiger partial charge on any atom is 0.219 e. The summed E-state index contributed by atoms with van der Waals surface area (Å²) in [6.07, 6.45) is 6.29. The highest BCUT2D eigenvalue weighted by molar-refractivity contribution is 5.75. The van der Waals surface area contributed by atoms with Gasteiger partial charge < -0.3 is 9.72 Å². The van der Waals surface area contributed by atoms with Crippen LogP contribution in [-0.2, 0) is 11.2 Å². The predicted molar refractivity (Wildman–Crippen MR) is 71.6 cm³/mol. The van der Waals surface area contributed by atoms with Gasteiger partial charge in [0.2, 0.25) is 5.91 Å². The number of amides is 1. The molecule has 0 aliphatic heterocycles. The van der Waals surface area contributed by atoms with Gasteiger partial charge in [-0.1, -0.05) is 6.92 Å². The summed E-state index contributed by atoms with van der Waals surface area (Å²) in [7, 11) is 0. The first-order valence-corrected chi connectivity index (χ1v) is 6.40. The van der Waals surface area contributed by atoms with E-state index in [1.807, 2.05) is 23.7 Å². The van der Waals surface area contributed by atoms with E-state index in [0.29, 0.717) is 13.0 Å². The van der Waals surface area contributed by atoms with Gasteiger partial charge in [0, 0.05) is 31.8 Å². The Hall–Kier alpha value is -1.84. The summed E-state index contributed by atoms with van der Waals surface area (Å²) in [5.74, 6) is 0.122. The van der Waals surface area contributed by atoms with Crippen LogP contribution in [0.5, 0.6) is 0 Å². The molecule has 0 fully saturated rings. The number of aryl methyl sites for hydroxylation is 1. The lowest BCUT2D eigenvalue weighted by atomic mass is 10.3. The van der Waals surface area contributed by atoms with Crippen molar-refractivity contribution in [2.75, 3.05) is 6.54 Å². The molecule has 96 valence electrons. The summed E-state index contributed by atoms with van der Waals surface area (Å²) >= 11 is 0. The number of fused-ring (bicyclic) bond motifs is 1. The first-order chi connectivity index (χ1) is 8.69. The van der Waals surface area contributed by atoms with E-state index in [-0.39, 0.29) is 5.91 Å². The molecule has 1 N–H and O–H groups in total. The van der Waals surface area contributed by atoms with Crippen LogP contribution in [0.2, 0.25) is 0 Å². The van der Waals surface area contributed by atoms with E-state index in [4.69, 9.17) is 0 Å². The van der Waals surface area contributed by atoms with Crippen LogP contribution in [-0.4, -0.2) is 21.8 Å². The largest absolute Gasteiger partial charge is 0.356 e. The van der Waals surface area contributed by atoms with Crippen LogP contribution in [0.4, 0.5) is 0 Å². The first-order valence-electron chi connectivity index (χ1n) is 6.40. The zero-order valence-corrected chi connectivity index (χ0v) is 10.9. The lowest BCUT2D eigenvalue weighted by Crippen LogP contribution is -2.25. The average molecular weight is 245 g/mol. The second kappa shape index (κ2) is 5.67. The van der Waals surface area contributed by atoms with Crippen molar-refractivity contribution in [3.63, 3.8) is 0 Å². The molecule has 0 aliphatic carbocycles. The molecule has 0 spiro atoms. The fourth-order valence-electron chi connectivity index (χ4n) is 1.90. The molecule has 4 nitrogen and oxygen atoms in total. The Bertz CT molecular complexity index is 545. The van der Waals surface area contributed by atoms with Crippen LogP contribution in [0, 0.1) is 6.92 Å². The number of aromatic nitrogens is 2. The van der Waals surface area contributed by atoms with Gasteiger partial charge in [-0.2, -0.15) is 0 Å². The Morgan fingerprint density at radius 3 is 3.11 bits per heavy atom. The Morgan fingerprint density at radius 1 is 1.50 bits per heavy atom. The van der Waals surface area contributed by atoms with Gasteiger partial charge >= 0.3 is 0 Å². The molecule has 4 heteroatoms. The van der Waals surface area contributed by atoms with Gasteiger partial charge in [-0.05, 0) is 31.0 Å². The summed E-state index contributed by atoms with van der Waals surface area (Å²) < 4.78 is 2.01. The van der Waals surface area contributed by atoms with Crippen molar-refractivity contribution in [1.82, 2.24) is 14.7 Å². The Labute approximate surface area is 107 Å². The molecule has 0 aliphatic rings. The van der Waals surface area contributed by atoms with Gasteiger partial charge in [0.05, 0.1) is 5.69 Å². The van der Waals surface area contributed by atoms with Crippen molar-refractivity contribution < 1.29 is 4.79 Å². The number of hydrogen-bond acceptors (Lipinski definition) is 2. The molecule has 0 unspecified atom stereocenters. The third-order valence-corrected chi connectivity index (χ3v) is 2.85. The molecule has 0 radical (unpaired) electrons. The van der Waals surface area contributed by atoms with E-state index in [0.717, 1.165) is 24.2 Å². The Morgan fingerprint density at radius 2 is 2.33 bits per heavy atom. The third-order valence-electron chi connectivity index (χ3n) is 2.85. The molecule has 2 rings (SSSR count). The van der Waals surface area contributed by atoms with E-state index in [9.17, 15) is 4.79 Å². The standard InChI is InChI=1S/C14H19N3O/c1-3-4-14(18)15-7-5-12-10-17-8-6-11(2)9-13(17)16-12/h6,8-10H,3-5,7H2,1-2H3,(H,15,18). The first kappa shape index (κ1) is 12.6. The molecule has 2 heterocycles. The summed E-state index contributed by atoms with van der Waals surface area (Å²) in [6, 6.07) is 4.11. The van der Waals surface area contributed by atoms with Crippen molar-refractivity contribution in [2.24, 2.45) is 0 Å². The average Bonchev–Trinajstić information content (AvgIpc) is 2.71. The second-order valence-electron chi connectivity index (χ2n) is 4.55. The fourth-order valence-corrected chi connectivity index (χ4v) is 1.90. The van der Waals surface area contributed by atoms with E-state index in [1.165, 1.54) is 5.56 Å². The fraction of sp³-hybridized carbons (Fsp3) is 0.429. The van der Waals surface area contributed by atoms with Crippen LogP contribution in [0.1, 0.15) is 31.0 Å². The number of carbonyl (C=O) groups excluding carboxylic acids is 1. The maximum atomic E-state index is 11.3. The Kier molecular flexibility index (Phi) is 3.97. The monoisotopic (exact) mass is 245 g/mol. The molecular formula is C14H19N3O. The van der Waals surface area contributed by atoms with Gasteiger partial charge in [0.25, 0.3) is 0 Å². The highest BCUT2D eigenvalue weighted by atomic mass is 16.1. The van der Waals surface area contributed by atoms with Crippen LogP contribution < -0.4 is 5.32 Å². The van der Waals surface area contributed by atoms with Crippen LogP contribution in [0.25, 0.3) is 5.65 Å². The zero-order chi connectivity index (χ0) is 13.0. The van der Waals surface area contributed by atoms with E-state index < -0.39 is 0 Å². The second-order valence-corrected chi connectivity index (χ2v) is 4.55. The summed E-state index contributed by atoms with van der Waals surface area (Å²) in [4.78, 5) is 15.8. The highest BCUT2D eigenvalue weighted by Gasteiger charge is 2.03. The number of hydrogen-bond donors (Lipinski definition) is 1. The maximum absolute atomic E-state index is 11.3. The number of carbonyl (C=O) groups is 1. The summed E-state index contributed by atoms with van der Waals surface area (Å²) in [5.41, 5.74) is 3.18. The molecule has 2 aromatic heterocycles. The van der Waals surface area contributed by atoms with Crippen molar-refractivity contribution in [3.8, 4) is 0 Å². The van der Waals surface area contributed by atoms with E-state index >= 15 is 0 Å². The minimum atomic E-state index is 0.122. The van der Waals surface area contributed by atoms with E-state index in [2.05, 4.69) is 29.4 Å². The molecular weight excluding hydrogens is 226 g/mol. The quantitative estimate of drug-likeness (QED) is 0.877. The van der Waals surface area contributed by atoms with Gasteiger partial charge in [0.1, 0.15) is 5.65 Å². The number of imidazole rings is 1. The third kappa shape index (κ3) is 3.09. The molecule has 0 aromatic carbocycles. The smallest absolute Gasteiger partial charge is 0.219 e. The topological polar surface area (TPSA) is 46.4 Å². The van der Waals surface area contributed by atoms with Crippen LogP contribution >= 0.6 is 0 Å². The lowest BCUT2D eigenvalue weighted by molar-refractivity contribution is -0.121. The molecule has 18 heavy (non-hydrogen) atoms. The van der Waals surface area contributed by atoms with Gasteiger partial charge in [0.15, 0.2) is 0 Å². The number of nitrogens with zero attached hydrogens (tertiary/aromatic N) is 2. The van der Waals surface area contributed by atoms with Crippen LogP contribution in [0.15, 0.2) is 24.5 Å². The van der Waals surface area contributed by atoms with Crippen molar-refractivity contribution >= 4 is 11.6 Å². The Balaban J connectivity index is 1.94. The normalized spacial score (nSPS) is 10.8. The molecule has 1 amide bonds. The van der Waals surface area contributed by atoms with Crippen LogP contribution in [0.3, 0.4) is 0 Å². The van der Waals surface area contributed by atoms with E-state index in [1.54, 1.807) is 0 Å². The van der Waals surface area contributed by atoms with Gasteiger partial charge in [-0.3, -0.25) is 4.79 Å². The number of rotatable bonds is 5. The summed E-state index contributed by atoms with van der Waals surface area (Å²) in [5, 5.41) is 2.90. The molecule has 0 saturated carbocycles.